The molecular formula is C28H17BrCl2N4O6S2. The van der Waals surface area contributed by atoms with Crippen LogP contribution in [0.1, 0.15) is 16.4 Å². The molecule has 218 valence electrons. The number of hydrogen-bond acceptors (Lipinski definition) is 8. The number of carbonyl (C=O) groups excluding carboxylic acids is 3. The van der Waals surface area contributed by atoms with Gasteiger partial charge in [-0.15, -0.1) is 0 Å². The second-order valence-corrected chi connectivity index (χ2v) is 13.5. The number of rotatable bonds is 6. The van der Waals surface area contributed by atoms with Crippen molar-refractivity contribution in [2.24, 2.45) is 5.92 Å². The van der Waals surface area contributed by atoms with Gasteiger partial charge in [-0.25, -0.2) is 4.90 Å². The van der Waals surface area contributed by atoms with Gasteiger partial charge in [-0.3, -0.25) is 33.9 Å². The molecule has 3 atom stereocenters. The van der Waals surface area contributed by atoms with Crippen LogP contribution in [0.25, 0.3) is 0 Å². The molecule has 2 aliphatic heterocycles. The van der Waals surface area contributed by atoms with E-state index < -0.39 is 44.6 Å². The molecule has 15 heteroatoms. The number of thioether (sulfide) groups is 1. The van der Waals surface area contributed by atoms with Crippen LogP contribution in [0.5, 0.6) is 0 Å². The number of fused-ring (bicyclic) bond motifs is 2. The molecule has 1 N–H and O–H groups in total. The molecule has 1 aromatic heterocycles. The number of amides is 3. The van der Waals surface area contributed by atoms with Crippen molar-refractivity contribution in [1.29, 1.82) is 0 Å². The van der Waals surface area contributed by atoms with E-state index in [-0.39, 0.29) is 22.9 Å². The molecule has 3 unspecified atom stereocenters. The molecule has 0 bridgehead atoms. The number of thiazole rings is 1. The van der Waals surface area contributed by atoms with Gasteiger partial charge in [0.05, 0.1) is 31.6 Å². The topological polar surface area (TPSA) is 132 Å². The third-order valence-electron chi connectivity index (χ3n) is 7.08. The van der Waals surface area contributed by atoms with Gasteiger partial charge in [0.1, 0.15) is 11.8 Å². The van der Waals surface area contributed by atoms with E-state index in [9.17, 15) is 29.3 Å². The molecule has 0 aliphatic carbocycles. The Bertz CT molecular complexity index is 1900. The maximum atomic E-state index is 14.0. The Morgan fingerprint density at radius 3 is 2.42 bits per heavy atom. The summed E-state index contributed by atoms with van der Waals surface area (Å²) in [7, 11) is 0. The minimum Gasteiger partial charge on any atom is -0.324 e. The summed E-state index contributed by atoms with van der Waals surface area (Å²) in [6.07, 6.45) is 0. The Morgan fingerprint density at radius 2 is 1.74 bits per heavy atom. The zero-order valence-electron chi connectivity index (χ0n) is 21.5. The van der Waals surface area contributed by atoms with Gasteiger partial charge in [0.25, 0.3) is 5.69 Å². The van der Waals surface area contributed by atoms with Crippen LogP contribution in [0.3, 0.4) is 0 Å². The summed E-state index contributed by atoms with van der Waals surface area (Å²) in [6.45, 7) is -0.339. The lowest BCUT2D eigenvalue weighted by molar-refractivity contribution is -0.384. The third-order valence-corrected chi connectivity index (χ3v) is 10.9. The maximum Gasteiger partial charge on any atom is 0.308 e. The molecule has 0 spiro atoms. The Balaban J connectivity index is 1.39. The molecule has 43 heavy (non-hydrogen) atoms. The quantitative estimate of drug-likeness (QED) is 0.140. The van der Waals surface area contributed by atoms with E-state index >= 15 is 0 Å². The zero-order chi connectivity index (χ0) is 30.6. The Labute approximate surface area is 269 Å². The second-order valence-electron chi connectivity index (χ2n) is 9.68. The first-order valence-corrected chi connectivity index (χ1v) is 15.8. The summed E-state index contributed by atoms with van der Waals surface area (Å²) in [5, 5.41) is 14.0. The van der Waals surface area contributed by atoms with Gasteiger partial charge in [-0.2, -0.15) is 0 Å². The maximum absolute atomic E-state index is 14.0. The molecule has 1 fully saturated rings. The first-order valence-electron chi connectivity index (χ1n) is 12.6. The fraction of sp³-hybridized carbons (Fsp3) is 0.143. The largest absolute Gasteiger partial charge is 0.324 e. The van der Waals surface area contributed by atoms with Gasteiger partial charge in [0, 0.05) is 33.1 Å². The molecule has 0 radical (unpaired) electrons. The van der Waals surface area contributed by atoms with Crippen molar-refractivity contribution in [3.05, 3.63) is 111 Å². The summed E-state index contributed by atoms with van der Waals surface area (Å²) >= 11 is 17.5. The molecule has 6 rings (SSSR count). The van der Waals surface area contributed by atoms with Crippen LogP contribution in [0.2, 0.25) is 10.0 Å². The highest BCUT2D eigenvalue weighted by Gasteiger charge is 2.56. The molecule has 2 aliphatic rings. The van der Waals surface area contributed by atoms with Crippen molar-refractivity contribution in [2.45, 2.75) is 22.7 Å². The smallest absolute Gasteiger partial charge is 0.308 e. The number of nitrogens with one attached hydrogen (secondary N) is 1. The normalized spacial score (nSPS) is 19.2. The number of anilines is 2. The van der Waals surface area contributed by atoms with Crippen molar-refractivity contribution < 1.29 is 19.3 Å². The van der Waals surface area contributed by atoms with Crippen molar-refractivity contribution in [1.82, 2.24) is 4.57 Å². The van der Waals surface area contributed by atoms with Crippen LogP contribution < -0.4 is 15.1 Å². The molecule has 3 aromatic carbocycles. The lowest BCUT2D eigenvalue weighted by Crippen LogP contribution is -2.33. The van der Waals surface area contributed by atoms with Crippen LogP contribution in [-0.2, 0) is 20.9 Å². The second kappa shape index (κ2) is 11.5. The fourth-order valence-corrected chi connectivity index (χ4v) is 8.70. The SMILES string of the molecule is O=C(Cn1c2c(sc1=O)C(c1cccc(Br)c1)C1C(=O)N(c3ccc([N+](=O)[O-])cc3)C(=O)C1S2)Nc1ccc(Cl)c(Cl)c1. The number of carbonyl (C=O) groups is 3. The van der Waals surface area contributed by atoms with Crippen molar-refractivity contribution >= 4 is 97.0 Å². The molecule has 3 amide bonds. The number of aromatic nitrogens is 1. The van der Waals surface area contributed by atoms with Gasteiger partial charge in [0.2, 0.25) is 17.7 Å². The van der Waals surface area contributed by atoms with E-state index in [2.05, 4.69) is 21.2 Å². The van der Waals surface area contributed by atoms with Crippen molar-refractivity contribution in [3.63, 3.8) is 0 Å². The number of hydrogen-bond donors (Lipinski definition) is 1. The van der Waals surface area contributed by atoms with Gasteiger partial charge in [-0.1, -0.05) is 74.4 Å². The molecule has 4 aromatic rings. The summed E-state index contributed by atoms with van der Waals surface area (Å²) < 4.78 is 2.06. The number of benzene rings is 3. The first kappa shape index (κ1) is 29.6. The lowest BCUT2D eigenvalue weighted by Gasteiger charge is -2.30. The number of nitro groups is 1. The van der Waals surface area contributed by atoms with Crippen molar-refractivity contribution in [3.8, 4) is 0 Å². The average molecular weight is 720 g/mol. The van der Waals surface area contributed by atoms with Crippen molar-refractivity contribution in [2.75, 3.05) is 10.2 Å². The molecule has 10 nitrogen and oxygen atoms in total. The predicted molar refractivity (Wildman–Crippen MR) is 168 cm³/mol. The van der Waals surface area contributed by atoms with Crippen LogP contribution in [0.15, 0.2) is 81.0 Å². The van der Waals surface area contributed by atoms with Gasteiger partial charge in [-0.05, 0) is 48.0 Å². The van der Waals surface area contributed by atoms with Crippen LogP contribution in [0.4, 0.5) is 17.1 Å². The van der Waals surface area contributed by atoms with E-state index in [1.807, 2.05) is 18.2 Å². The summed E-state index contributed by atoms with van der Waals surface area (Å²) in [5.41, 5.74) is 1.15. The summed E-state index contributed by atoms with van der Waals surface area (Å²) in [4.78, 5) is 65.9. The van der Waals surface area contributed by atoms with Gasteiger partial charge in [0.15, 0.2) is 0 Å². The Kier molecular flexibility index (Phi) is 7.94. The predicted octanol–water partition coefficient (Wildman–Crippen LogP) is 6.32. The highest BCUT2D eigenvalue weighted by Crippen LogP contribution is 2.54. The van der Waals surface area contributed by atoms with E-state index in [4.69, 9.17) is 23.2 Å². The van der Waals surface area contributed by atoms with E-state index in [1.54, 1.807) is 12.1 Å². The Morgan fingerprint density at radius 1 is 1.00 bits per heavy atom. The first-order chi connectivity index (χ1) is 20.5. The third kappa shape index (κ3) is 5.40. The van der Waals surface area contributed by atoms with Gasteiger partial charge < -0.3 is 5.32 Å². The number of imide groups is 1. The number of nitrogens with zero attached hydrogens (tertiary/aromatic N) is 3. The number of halogens is 3. The lowest BCUT2D eigenvalue weighted by atomic mass is 9.83. The highest BCUT2D eigenvalue weighted by molar-refractivity contribution is 9.10. The number of non-ortho nitro benzene ring substituents is 1. The van der Waals surface area contributed by atoms with Crippen LogP contribution in [0, 0.1) is 16.0 Å². The Hall–Kier alpha value is -3.49. The molecular weight excluding hydrogens is 703 g/mol. The molecule has 3 heterocycles. The minimum atomic E-state index is -0.905. The monoisotopic (exact) mass is 718 g/mol. The minimum absolute atomic E-state index is 0.174. The zero-order valence-corrected chi connectivity index (χ0v) is 26.3. The fourth-order valence-electron chi connectivity index (χ4n) is 5.21. The summed E-state index contributed by atoms with van der Waals surface area (Å²) in [6, 6.07) is 17.1. The highest BCUT2D eigenvalue weighted by atomic mass is 79.9. The van der Waals surface area contributed by atoms with E-state index in [0.717, 1.165) is 32.5 Å². The number of nitro benzene ring substituents is 1. The average Bonchev–Trinajstić information content (AvgIpc) is 3.41. The standard InChI is InChI=1S/C28H17BrCl2N4O6S2/c29-14-3-1-2-13(10-14)21-22-23(26(38)34(25(22)37)16-5-7-17(8-6-16)35(40)41)42-27-24(21)43-28(39)33(27)12-20(36)32-15-4-9-18(30)19(31)11-15/h1-11,21-23H,12H2,(H,32,36). The van der Waals surface area contributed by atoms with E-state index in [1.165, 1.54) is 41.0 Å². The summed E-state index contributed by atoms with van der Waals surface area (Å²) in [5.74, 6) is -2.99. The van der Waals surface area contributed by atoms with Crippen LogP contribution >= 0.6 is 62.2 Å². The molecule has 1 saturated heterocycles. The van der Waals surface area contributed by atoms with Gasteiger partial charge >= 0.3 is 4.87 Å². The van der Waals surface area contributed by atoms with Crippen LogP contribution in [-0.4, -0.2) is 32.5 Å². The molecule has 0 saturated carbocycles. The van der Waals surface area contributed by atoms with E-state index in [0.29, 0.717) is 26.2 Å².